The van der Waals surface area contributed by atoms with Gasteiger partial charge < -0.3 is 5.32 Å². The van der Waals surface area contributed by atoms with Crippen LogP contribution in [0.15, 0.2) is 36.4 Å². The third-order valence-electron chi connectivity index (χ3n) is 2.97. The highest BCUT2D eigenvalue weighted by atomic mass is 35.5. The molecule has 0 aliphatic heterocycles. The van der Waals surface area contributed by atoms with Gasteiger partial charge in [-0.15, -0.1) is 0 Å². The molecule has 1 N–H and O–H groups in total. The number of nitrogens with one attached hydrogen (secondary N) is 1. The van der Waals surface area contributed by atoms with Gasteiger partial charge in [0.15, 0.2) is 0 Å². The summed E-state index contributed by atoms with van der Waals surface area (Å²) in [5.41, 5.74) is 2.78. The minimum absolute atomic E-state index is 0.309. The zero-order valence-corrected chi connectivity index (χ0v) is 11.8. The van der Waals surface area contributed by atoms with Crippen LogP contribution in [0.3, 0.4) is 0 Å². The minimum atomic E-state index is -0.415. The summed E-state index contributed by atoms with van der Waals surface area (Å²) in [6.07, 6.45) is 0. The second-order valence-corrected chi connectivity index (χ2v) is 4.83. The minimum Gasteiger partial charge on any atom is -0.313 e. The molecular weight excluding hydrogens is 275 g/mol. The molecule has 0 spiro atoms. The molecule has 0 radical (unpaired) electrons. The Kier molecular flexibility index (Phi) is 4.73. The number of nitrogens with zero attached hydrogens (tertiary/aromatic N) is 1. The summed E-state index contributed by atoms with van der Waals surface area (Å²) in [6, 6.07) is 11.8. The second-order valence-electron chi connectivity index (χ2n) is 4.43. The van der Waals surface area contributed by atoms with Gasteiger partial charge in [-0.05, 0) is 53.6 Å². The van der Waals surface area contributed by atoms with Crippen LogP contribution >= 0.6 is 11.6 Å². The van der Waals surface area contributed by atoms with Crippen molar-refractivity contribution in [2.45, 2.75) is 13.5 Å². The molecule has 0 atom stereocenters. The smallest absolute Gasteiger partial charge is 0.125 e. The fraction of sp³-hybridized carbons (Fsp3) is 0.188. The van der Waals surface area contributed by atoms with Crippen LogP contribution in [0.2, 0.25) is 5.02 Å². The van der Waals surface area contributed by atoms with E-state index in [9.17, 15) is 4.39 Å². The van der Waals surface area contributed by atoms with E-state index in [1.54, 1.807) is 12.1 Å². The van der Waals surface area contributed by atoms with Crippen molar-refractivity contribution in [2.75, 3.05) is 6.54 Å². The third kappa shape index (κ3) is 3.36. The molecule has 0 aromatic heterocycles. The second kappa shape index (κ2) is 6.51. The van der Waals surface area contributed by atoms with Gasteiger partial charge in [-0.3, -0.25) is 0 Å². The van der Waals surface area contributed by atoms with E-state index in [2.05, 4.69) is 5.32 Å². The van der Waals surface area contributed by atoms with Crippen molar-refractivity contribution >= 4 is 11.6 Å². The van der Waals surface area contributed by atoms with Crippen molar-refractivity contribution in [3.63, 3.8) is 0 Å². The molecule has 102 valence electrons. The van der Waals surface area contributed by atoms with E-state index in [0.29, 0.717) is 22.7 Å². The van der Waals surface area contributed by atoms with E-state index >= 15 is 0 Å². The monoisotopic (exact) mass is 288 g/mol. The van der Waals surface area contributed by atoms with Gasteiger partial charge in [0.05, 0.1) is 11.6 Å². The van der Waals surface area contributed by atoms with Gasteiger partial charge in [0.1, 0.15) is 5.82 Å². The van der Waals surface area contributed by atoms with Gasteiger partial charge in [0.25, 0.3) is 0 Å². The summed E-state index contributed by atoms with van der Waals surface area (Å²) in [7, 11) is 0. The van der Waals surface area contributed by atoms with Gasteiger partial charge in [0, 0.05) is 11.6 Å². The maximum Gasteiger partial charge on any atom is 0.125 e. The average molecular weight is 289 g/mol. The third-order valence-corrected chi connectivity index (χ3v) is 3.34. The van der Waals surface area contributed by atoms with Crippen molar-refractivity contribution in [3.8, 4) is 17.2 Å². The van der Waals surface area contributed by atoms with Gasteiger partial charge >= 0.3 is 0 Å². The lowest BCUT2D eigenvalue weighted by Gasteiger charge is -2.09. The summed E-state index contributed by atoms with van der Waals surface area (Å²) in [5.74, 6) is -0.415. The number of nitriles is 1. The predicted molar refractivity (Wildman–Crippen MR) is 78.9 cm³/mol. The van der Waals surface area contributed by atoms with Crippen LogP contribution in [0.25, 0.3) is 11.1 Å². The zero-order chi connectivity index (χ0) is 14.5. The molecule has 2 aromatic rings. The fourth-order valence-electron chi connectivity index (χ4n) is 1.97. The largest absolute Gasteiger partial charge is 0.313 e. The molecule has 0 fully saturated rings. The molecule has 0 aliphatic carbocycles. The lowest BCUT2D eigenvalue weighted by atomic mass is 10.0. The number of hydrogen-bond acceptors (Lipinski definition) is 2. The van der Waals surface area contributed by atoms with Crippen molar-refractivity contribution in [2.24, 2.45) is 0 Å². The molecule has 0 heterocycles. The Bertz CT molecular complexity index is 662. The maximum absolute atomic E-state index is 13.5. The zero-order valence-electron chi connectivity index (χ0n) is 11.1. The van der Waals surface area contributed by atoms with Gasteiger partial charge in [-0.2, -0.15) is 5.26 Å². The van der Waals surface area contributed by atoms with E-state index in [0.717, 1.165) is 17.7 Å². The van der Waals surface area contributed by atoms with Crippen LogP contribution in [0.5, 0.6) is 0 Å². The van der Waals surface area contributed by atoms with Crippen LogP contribution in [-0.2, 0) is 6.54 Å². The van der Waals surface area contributed by atoms with E-state index in [1.807, 2.05) is 25.1 Å². The first-order valence-electron chi connectivity index (χ1n) is 6.34. The molecule has 2 aromatic carbocycles. The number of rotatable bonds is 4. The molecule has 2 rings (SSSR count). The average Bonchev–Trinajstić information content (AvgIpc) is 2.45. The Morgan fingerprint density at radius 3 is 2.70 bits per heavy atom. The van der Waals surface area contributed by atoms with Crippen molar-refractivity contribution < 1.29 is 4.39 Å². The molecule has 0 saturated carbocycles. The fourth-order valence-corrected chi connectivity index (χ4v) is 2.15. The Hall–Kier alpha value is -1.89. The van der Waals surface area contributed by atoms with Crippen molar-refractivity contribution in [3.05, 3.63) is 58.4 Å². The highest BCUT2D eigenvalue weighted by Gasteiger charge is 2.06. The van der Waals surface area contributed by atoms with Gasteiger partial charge in [-0.25, -0.2) is 4.39 Å². The number of halogens is 2. The topological polar surface area (TPSA) is 35.8 Å². The Morgan fingerprint density at radius 2 is 2.00 bits per heavy atom. The Labute approximate surface area is 122 Å². The van der Waals surface area contributed by atoms with Gasteiger partial charge in [-0.1, -0.05) is 24.6 Å². The van der Waals surface area contributed by atoms with Crippen LogP contribution in [0, 0.1) is 17.1 Å². The quantitative estimate of drug-likeness (QED) is 0.918. The van der Waals surface area contributed by atoms with Gasteiger partial charge in [0.2, 0.25) is 0 Å². The summed E-state index contributed by atoms with van der Waals surface area (Å²) in [4.78, 5) is 0. The lowest BCUT2D eigenvalue weighted by Crippen LogP contribution is -2.12. The Balaban J connectivity index is 2.42. The van der Waals surface area contributed by atoms with Crippen molar-refractivity contribution in [1.82, 2.24) is 5.32 Å². The first kappa shape index (κ1) is 14.5. The predicted octanol–water partition coefficient (Wildman–Crippen LogP) is 4.13. The molecule has 2 nitrogen and oxygen atoms in total. The van der Waals surface area contributed by atoms with E-state index < -0.39 is 5.82 Å². The molecular formula is C16H14ClFN2. The van der Waals surface area contributed by atoms with E-state index in [-0.39, 0.29) is 0 Å². The molecule has 0 bridgehead atoms. The number of hydrogen-bond donors (Lipinski definition) is 1. The highest BCUT2D eigenvalue weighted by molar-refractivity contribution is 6.31. The first-order valence-corrected chi connectivity index (χ1v) is 6.72. The van der Waals surface area contributed by atoms with Crippen LogP contribution < -0.4 is 5.32 Å². The Morgan fingerprint density at radius 1 is 1.20 bits per heavy atom. The summed E-state index contributed by atoms with van der Waals surface area (Å²) >= 11 is 6.14. The van der Waals surface area contributed by atoms with Crippen LogP contribution in [0.4, 0.5) is 4.39 Å². The van der Waals surface area contributed by atoms with Crippen LogP contribution in [0.1, 0.15) is 18.1 Å². The standard InChI is InChI=1S/C16H14ClFN2/c1-2-20-10-14-7-12(3-4-16(14)17)13-5-11(9-19)6-15(18)8-13/h3-8,20H,2,10H2,1H3. The molecule has 20 heavy (non-hydrogen) atoms. The molecule has 0 unspecified atom stereocenters. The molecule has 0 saturated heterocycles. The van der Waals surface area contributed by atoms with Crippen molar-refractivity contribution in [1.29, 1.82) is 5.26 Å². The van der Waals surface area contributed by atoms with Crippen LogP contribution in [-0.4, -0.2) is 6.54 Å². The normalized spacial score (nSPS) is 10.3. The molecule has 0 amide bonds. The summed E-state index contributed by atoms with van der Waals surface area (Å²) in [5, 5.41) is 12.8. The molecule has 0 aliphatic rings. The first-order chi connectivity index (χ1) is 9.63. The maximum atomic E-state index is 13.5. The summed E-state index contributed by atoms with van der Waals surface area (Å²) < 4.78 is 13.5. The SMILES string of the molecule is CCNCc1cc(-c2cc(F)cc(C#N)c2)ccc1Cl. The highest BCUT2D eigenvalue weighted by Crippen LogP contribution is 2.26. The number of benzene rings is 2. The lowest BCUT2D eigenvalue weighted by molar-refractivity contribution is 0.628. The summed E-state index contributed by atoms with van der Waals surface area (Å²) in [6.45, 7) is 3.52. The van der Waals surface area contributed by atoms with E-state index in [4.69, 9.17) is 16.9 Å². The molecule has 4 heteroatoms. The van der Waals surface area contributed by atoms with E-state index in [1.165, 1.54) is 12.1 Å².